The Kier molecular flexibility index (Phi) is 6.09. The molecule has 18 heavy (non-hydrogen) atoms. The lowest BCUT2D eigenvalue weighted by Gasteiger charge is -2.35. The van der Waals surface area contributed by atoms with E-state index in [9.17, 15) is 4.79 Å². The highest BCUT2D eigenvalue weighted by Gasteiger charge is 2.37. The second-order valence-electron chi connectivity index (χ2n) is 6.04. The lowest BCUT2D eigenvalue weighted by Crippen LogP contribution is -2.56. The van der Waals surface area contributed by atoms with E-state index in [1.54, 1.807) is 0 Å². The molecule has 0 radical (unpaired) electrons. The van der Waals surface area contributed by atoms with Crippen molar-refractivity contribution in [3.05, 3.63) is 0 Å². The van der Waals surface area contributed by atoms with Gasteiger partial charge in [0.15, 0.2) is 0 Å². The van der Waals surface area contributed by atoms with E-state index in [0.717, 1.165) is 32.1 Å². The Morgan fingerprint density at radius 3 is 2.94 bits per heavy atom. The maximum Gasteiger partial charge on any atom is 0.240 e. The van der Waals surface area contributed by atoms with Gasteiger partial charge in [0.1, 0.15) is 0 Å². The molecule has 1 amide bonds. The molecule has 3 atom stereocenters. The fourth-order valence-corrected chi connectivity index (χ4v) is 2.72. The van der Waals surface area contributed by atoms with E-state index in [1.807, 2.05) is 6.92 Å². The molecule has 0 aromatic carbocycles. The Bertz CT molecular complexity index is 271. The van der Waals surface area contributed by atoms with Gasteiger partial charge in [-0.25, -0.2) is 0 Å². The number of carbonyl (C=O) groups excluding carboxylic acids is 1. The minimum atomic E-state index is -0.653. The van der Waals surface area contributed by atoms with Gasteiger partial charge in [0.25, 0.3) is 0 Å². The molecule has 0 heterocycles. The van der Waals surface area contributed by atoms with E-state index < -0.39 is 5.54 Å². The summed E-state index contributed by atoms with van der Waals surface area (Å²) in [5, 5.41) is 11.9. The Balaban J connectivity index is 2.27. The van der Waals surface area contributed by atoms with Gasteiger partial charge in [-0.1, -0.05) is 26.7 Å². The highest BCUT2D eigenvalue weighted by Crippen LogP contribution is 2.30. The van der Waals surface area contributed by atoms with Crippen LogP contribution in [0.2, 0.25) is 0 Å². The summed E-state index contributed by atoms with van der Waals surface area (Å²) in [7, 11) is 0. The van der Waals surface area contributed by atoms with Crippen molar-refractivity contribution in [1.82, 2.24) is 5.32 Å². The van der Waals surface area contributed by atoms with Gasteiger partial charge in [0, 0.05) is 13.2 Å². The molecule has 0 aliphatic heterocycles. The van der Waals surface area contributed by atoms with Gasteiger partial charge in [-0.05, 0) is 37.5 Å². The van der Waals surface area contributed by atoms with Gasteiger partial charge in [0.2, 0.25) is 5.91 Å². The first-order valence-electron chi connectivity index (χ1n) is 7.16. The number of carbonyl (C=O) groups is 1. The number of aliphatic hydroxyl groups is 1. The number of nitrogens with one attached hydrogen (secondary N) is 1. The largest absolute Gasteiger partial charge is 0.396 e. The van der Waals surface area contributed by atoms with Crippen LogP contribution in [-0.2, 0) is 4.79 Å². The lowest BCUT2D eigenvalue weighted by atomic mass is 9.76. The average molecular weight is 256 g/mol. The summed E-state index contributed by atoms with van der Waals surface area (Å²) in [6, 6.07) is 0. The maximum atomic E-state index is 12.1. The summed E-state index contributed by atoms with van der Waals surface area (Å²) in [5.74, 6) is 0.859. The molecule has 4 N–H and O–H groups in total. The lowest BCUT2D eigenvalue weighted by molar-refractivity contribution is -0.128. The number of nitrogens with two attached hydrogens (primary N) is 1. The minimum absolute atomic E-state index is 0.00528. The van der Waals surface area contributed by atoms with Gasteiger partial charge < -0.3 is 16.2 Å². The van der Waals surface area contributed by atoms with Crippen LogP contribution >= 0.6 is 0 Å². The first-order valence-corrected chi connectivity index (χ1v) is 7.16. The highest BCUT2D eigenvalue weighted by molar-refractivity contribution is 5.86. The van der Waals surface area contributed by atoms with Crippen LogP contribution in [-0.4, -0.2) is 29.7 Å². The second kappa shape index (κ2) is 7.10. The number of aliphatic hydroxyl groups excluding tert-OH is 1. The molecule has 3 unspecified atom stereocenters. The Labute approximate surface area is 110 Å². The number of hydrogen-bond donors (Lipinski definition) is 3. The van der Waals surface area contributed by atoms with Gasteiger partial charge in [-0.3, -0.25) is 4.79 Å². The Morgan fingerprint density at radius 2 is 2.33 bits per heavy atom. The van der Waals surface area contributed by atoms with Crippen LogP contribution < -0.4 is 11.1 Å². The number of amides is 1. The third-order valence-electron chi connectivity index (χ3n) is 3.96. The van der Waals surface area contributed by atoms with Gasteiger partial charge in [0.05, 0.1) is 5.54 Å². The quantitative estimate of drug-likeness (QED) is 0.629. The molecule has 0 aromatic heterocycles. The normalized spacial score (nSPS) is 29.9. The summed E-state index contributed by atoms with van der Waals surface area (Å²) >= 11 is 0. The Morgan fingerprint density at radius 1 is 1.61 bits per heavy atom. The van der Waals surface area contributed by atoms with Crippen molar-refractivity contribution in [2.45, 2.75) is 57.9 Å². The smallest absolute Gasteiger partial charge is 0.240 e. The molecule has 1 rings (SSSR count). The van der Waals surface area contributed by atoms with Crippen molar-refractivity contribution in [2.24, 2.45) is 17.6 Å². The van der Waals surface area contributed by atoms with Crippen LogP contribution in [0.25, 0.3) is 0 Å². The summed E-state index contributed by atoms with van der Waals surface area (Å²) in [6.07, 6.45) is 5.67. The third-order valence-corrected chi connectivity index (χ3v) is 3.96. The van der Waals surface area contributed by atoms with Crippen LogP contribution in [0.1, 0.15) is 52.4 Å². The molecule has 0 bridgehead atoms. The first-order chi connectivity index (χ1) is 8.48. The van der Waals surface area contributed by atoms with E-state index in [-0.39, 0.29) is 12.5 Å². The zero-order valence-corrected chi connectivity index (χ0v) is 11.7. The van der Waals surface area contributed by atoms with Crippen molar-refractivity contribution >= 4 is 5.91 Å². The van der Waals surface area contributed by atoms with Crippen LogP contribution in [0.3, 0.4) is 0 Å². The van der Waals surface area contributed by atoms with Gasteiger partial charge >= 0.3 is 0 Å². The number of rotatable bonds is 6. The summed E-state index contributed by atoms with van der Waals surface area (Å²) in [5.41, 5.74) is 5.56. The average Bonchev–Trinajstić information content (AvgIpc) is 2.33. The van der Waals surface area contributed by atoms with Crippen LogP contribution in [0.5, 0.6) is 0 Å². The SMILES string of the molecule is CC(CO)CCCNC(=O)C1(N)CCCC(C)C1. The van der Waals surface area contributed by atoms with Crippen molar-refractivity contribution < 1.29 is 9.90 Å². The fraction of sp³-hybridized carbons (Fsp3) is 0.929. The number of hydrogen-bond acceptors (Lipinski definition) is 3. The van der Waals surface area contributed by atoms with Crippen molar-refractivity contribution in [3.8, 4) is 0 Å². The van der Waals surface area contributed by atoms with E-state index in [0.29, 0.717) is 18.4 Å². The molecule has 0 aromatic rings. The molecule has 1 saturated carbocycles. The molecule has 1 aliphatic rings. The maximum absolute atomic E-state index is 12.1. The molecule has 106 valence electrons. The molecule has 4 heteroatoms. The van der Waals surface area contributed by atoms with Crippen LogP contribution in [0.4, 0.5) is 0 Å². The zero-order chi connectivity index (χ0) is 13.6. The molecular formula is C14H28N2O2. The fourth-order valence-electron chi connectivity index (χ4n) is 2.72. The van der Waals surface area contributed by atoms with Gasteiger partial charge in [-0.15, -0.1) is 0 Å². The topological polar surface area (TPSA) is 75.3 Å². The molecule has 0 saturated heterocycles. The van der Waals surface area contributed by atoms with E-state index in [1.165, 1.54) is 6.42 Å². The summed E-state index contributed by atoms with van der Waals surface area (Å²) < 4.78 is 0. The zero-order valence-electron chi connectivity index (χ0n) is 11.7. The molecule has 0 spiro atoms. The molecule has 4 nitrogen and oxygen atoms in total. The van der Waals surface area contributed by atoms with Crippen molar-refractivity contribution in [2.75, 3.05) is 13.2 Å². The molecule has 1 aliphatic carbocycles. The predicted molar refractivity (Wildman–Crippen MR) is 73.0 cm³/mol. The van der Waals surface area contributed by atoms with Gasteiger partial charge in [-0.2, -0.15) is 0 Å². The second-order valence-corrected chi connectivity index (χ2v) is 6.04. The predicted octanol–water partition coefficient (Wildman–Crippen LogP) is 1.42. The van der Waals surface area contributed by atoms with Crippen LogP contribution in [0.15, 0.2) is 0 Å². The van der Waals surface area contributed by atoms with E-state index in [4.69, 9.17) is 10.8 Å². The van der Waals surface area contributed by atoms with Crippen molar-refractivity contribution in [1.29, 1.82) is 0 Å². The van der Waals surface area contributed by atoms with E-state index in [2.05, 4.69) is 12.2 Å². The third kappa shape index (κ3) is 4.58. The minimum Gasteiger partial charge on any atom is -0.396 e. The highest BCUT2D eigenvalue weighted by atomic mass is 16.3. The Hall–Kier alpha value is -0.610. The van der Waals surface area contributed by atoms with E-state index >= 15 is 0 Å². The molecular weight excluding hydrogens is 228 g/mol. The summed E-state index contributed by atoms with van der Waals surface area (Å²) in [6.45, 7) is 5.05. The first kappa shape index (κ1) is 15.4. The summed E-state index contributed by atoms with van der Waals surface area (Å²) in [4.78, 5) is 12.1. The van der Waals surface area contributed by atoms with Crippen LogP contribution in [0, 0.1) is 11.8 Å². The standard InChI is InChI=1S/C14H28N2O2/c1-11-5-3-7-14(15,9-11)13(18)16-8-4-6-12(2)10-17/h11-12,17H,3-10,15H2,1-2H3,(H,16,18). The monoisotopic (exact) mass is 256 g/mol. The van der Waals surface area contributed by atoms with Crippen molar-refractivity contribution in [3.63, 3.8) is 0 Å². The molecule has 1 fully saturated rings.